The van der Waals surface area contributed by atoms with Crippen molar-refractivity contribution < 1.29 is 9.53 Å². The number of aromatic nitrogens is 2. The van der Waals surface area contributed by atoms with E-state index in [1.165, 1.54) is 38.5 Å². The Bertz CT molecular complexity index is 924. The molecule has 160 valence electrons. The highest BCUT2D eigenvalue weighted by atomic mass is 35.5. The number of hydrogen-bond donors (Lipinski definition) is 0. The van der Waals surface area contributed by atoms with Crippen molar-refractivity contribution in [2.45, 2.75) is 64.6 Å². The van der Waals surface area contributed by atoms with Gasteiger partial charge in [0.05, 0.1) is 0 Å². The van der Waals surface area contributed by atoms with E-state index in [0.717, 1.165) is 39.7 Å². The number of carbonyl (C=O) groups is 1. The molecule has 0 atom stereocenters. The molecule has 0 spiro atoms. The molecule has 4 aliphatic carbocycles. The zero-order valence-electron chi connectivity index (χ0n) is 18.0. The molecule has 4 saturated carbocycles. The predicted molar refractivity (Wildman–Crippen MR) is 117 cm³/mol. The van der Waals surface area contributed by atoms with Gasteiger partial charge in [-0.15, -0.1) is 0 Å². The van der Waals surface area contributed by atoms with Crippen LogP contribution in [0.5, 0.6) is 5.75 Å². The highest BCUT2D eigenvalue weighted by Gasteiger charge is 2.54. The van der Waals surface area contributed by atoms with Crippen molar-refractivity contribution in [3.8, 4) is 5.75 Å². The molecule has 4 bridgehead atoms. The number of rotatable bonds is 5. The van der Waals surface area contributed by atoms with Crippen molar-refractivity contribution in [3.63, 3.8) is 0 Å². The summed E-state index contributed by atoms with van der Waals surface area (Å²) in [4.78, 5) is 15.3. The summed E-state index contributed by atoms with van der Waals surface area (Å²) < 4.78 is 7.56. The van der Waals surface area contributed by atoms with Crippen LogP contribution in [0.1, 0.15) is 60.1 Å². The number of hydrogen-bond acceptors (Lipinski definition) is 3. The second-order valence-electron chi connectivity index (χ2n) is 9.89. The summed E-state index contributed by atoms with van der Waals surface area (Å²) in [6, 6.07) is 5.65. The molecule has 4 fully saturated rings. The van der Waals surface area contributed by atoms with Gasteiger partial charge < -0.3 is 9.64 Å². The van der Waals surface area contributed by atoms with Gasteiger partial charge in [-0.1, -0.05) is 11.6 Å². The number of halogens is 1. The fourth-order valence-electron chi connectivity index (χ4n) is 6.54. The maximum absolute atomic E-state index is 13.3. The summed E-state index contributed by atoms with van der Waals surface area (Å²) in [6.45, 7) is 4.19. The second-order valence-corrected chi connectivity index (χ2v) is 10.3. The van der Waals surface area contributed by atoms with Crippen LogP contribution in [0.3, 0.4) is 0 Å². The van der Waals surface area contributed by atoms with E-state index in [2.05, 4.69) is 5.10 Å². The largest absolute Gasteiger partial charge is 0.471 e. The Morgan fingerprint density at radius 3 is 2.30 bits per heavy atom. The second kappa shape index (κ2) is 7.30. The molecule has 1 aromatic carbocycles. The van der Waals surface area contributed by atoms with Gasteiger partial charge in [0.15, 0.2) is 12.4 Å². The Kier molecular flexibility index (Phi) is 4.85. The van der Waals surface area contributed by atoms with Gasteiger partial charge in [0.2, 0.25) is 0 Å². The van der Waals surface area contributed by atoms with Gasteiger partial charge in [-0.05, 0) is 99.5 Å². The van der Waals surface area contributed by atoms with Crippen molar-refractivity contribution in [1.29, 1.82) is 0 Å². The molecule has 6 rings (SSSR count). The standard InChI is InChI=1S/C24H30ClN3O2/c1-15-6-20(7-16(2)22(15)25)30-14-28-5-4-21(26-28)23(29)27(3)24-11-17-8-18(12-24)10-19(9-17)13-24/h4-7,17-19H,8-14H2,1-3H3. The van der Waals surface area contributed by atoms with E-state index in [1.807, 2.05) is 44.1 Å². The van der Waals surface area contributed by atoms with Crippen LogP contribution < -0.4 is 4.74 Å². The molecule has 5 nitrogen and oxygen atoms in total. The summed E-state index contributed by atoms with van der Waals surface area (Å²) in [5, 5.41) is 5.28. The molecule has 0 saturated heterocycles. The molecular formula is C24H30ClN3O2. The van der Waals surface area contributed by atoms with E-state index in [0.29, 0.717) is 5.69 Å². The Morgan fingerprint density at radius 2 is 1.73 bits per heavy atom. The van der Waals surface area contributed by atoms with Crippen molar-refractivity contribution >= 4 is 17.5 Å². The summed E-state index contributed by atoms with van der Waals surface area (Å²) >= 11 is 6.23. The van der Waals surface area contributed by atoms with Crippen LogP contribution in [0.25, 0.3) is 0 Å². The number of benzene rings is 1. The third-order valence-electron chi connectivity index (χ3n) is 7.66. The Labute approximate surface area is 183 Å². The van der Waals surface area contributed by atoms with E-state index in [9.17, 15) is 4.79 Å². The van der Waals surface area contributed by atoms with E-state index < -0.39 is 0 Å². The van der Waals surface area contributed by atoms with Gasteiger partial charge in [0.1, 0.15) is 5.75 Å². The third kappa shape index (κ3) is 3.41. The maximum atomic E-state index is 13.3. The molecule has 4 aliphatic rings. The van der Waals surface area contributed by atoms with Gasteiger partial charge in [-0.3, -0.25) is 4.79 Å². The Hall–Kier alpha value is -2.01. The third-order valence-corrected chi connectivity index (χ3v) is 8.25. The number of carbonyl (C=O) groups excluding carboxylic acids is 1. The fourth-order valence-corrected chi connectivity index (χ4v) is 6.65. The van der Waals surface area contributed by atoms with Crippen molar-refractivity contribution in [2.75, 3.05) is 7.05 Å². The summed E-state index contributed by atoms with van der Waals surface area (Å²) in [5.74, 6) is 3.22. The zero-order chi connectivity index (χ0) is 21.0. The lowest BCUT2D eigenvalue weighted by atomic mass is 9.52. The quantitative estimate of drug-likeness (QED) is 0.656. The molecule has 2 aromatic rings. The smallest absolute Gasteiger partial charge is 0.274 e. The molecule has 1 heterocycles. The normalized spacial score (nSPS) is 29.3. The van der Waals surface area contributed by atoms with Crippen LogP contribution in [-0.4, -0.2) is 33.2 Å². The molecule has 6 heteroatoms. The number of amides is 1. The first-order chi connectivity index (χ1) is 14.3. The van der Waals surface area contributed by atoms with E-state index in [-0.39, 0.29) is 18.2 Å². The molecule has 0 radical (unpaired) electrons. The molecule has 0 aliphatic heterocycles. The minimum absolute atomic E-state index is 0.0360. The SMILES string of the molecule is Cc1cc(OCn2ccc(C(=O)N(C)C34CC5CC(CC(C5)C3)C4)n2)cc(C)c1Cl. The highest BCUT2D eigenvalue weighted by Crippen LogP contribution is 2.57. The van der Waals surface area contributed by atoms with Crippen LogP contribution in [0.2, 0.25) is 5.02 Å². The van der Waals surface area contributed by atoms with Crippen LogP contribution in [-0.2, 0) is 6.73 Å². The number of aryl methyl sites for hydroxylation is 2. The molecule has 1 aromatic heterocycles. The lowest BCUT2D eigenvalue weighted by molar-refractivity contribution is -0.0667. The van der Waals surface area contributed by atoms with Gasteiger partial charge in [0.25, 0.3) is 5.91 Å². The van der Waals surface area contributed by atoms with Crippen molar-refractivity contribution in [1.82, 2.24) is 14.7 Å². The van der Waals surface area contributed by atoms with Crippen LogP contribution >= 0.6 is 11.6 Å². The fraction of sp³-hybridized carbons (Fsp3) is 0.583. The summed E-state index contributed by atoms with van der Waals surface area (Å²) in [7, 11) is 1.99. The number of nitrogens with zero attached hydrogens (tertiary/aromatic N) is 3. The monoisotopic (exact) mass is 427 g/mol. The van der Waals surface area contributed by atoms with Crippen molar-refractivity contribution in [2.24, 2.45) is 17.8 Å². The van der Waals surface area contributed by atoms with E-state index in [4.69, 9.17) is 16.3 Å². The molecule has 30 heavy (non-hydrogen) atoms. The molecule has 0 unspecified atom stereocenters. The number of ether oxygens (including phenoxy) is 1. The molecule has 0 N–H and O–H groups in total. The molecular weight excluding hydrogens is 398 g/mol. The average molecular weight is 428 g/mol. The minimum Gasteiger partial charge on any atom is -0.471 e. The summed E-state index contributed by atoms with van der Waals surface area (Å²) in [6.07, 6.45) is 9.43. The zero-order valence-corrected chi connectivity index (χ0v) is 18.8. The van der Waals surface area contributed by atoms with Gasteiger partial charge in [-0.2, -0.15) is 5.10 Å². The van der Waals surface area contributed by atoms with Gasteiger partial charge >= 0.3 is 0 Å². The predicted octanol–water partition coefficient (Wildman–Crippen LogP) is 5.23. The van der Waals surface area contributed by atoms with Gasteiger partial charge in [-0.25, -0.2) is 4.68 Å². The lowest BCUT2D eigenvalue weighted by Gasteiger charge is -2.59. The summed E-state index contributed by atoms with van der Waals surface area (Å²) in [5.41, 5.74) is 2.52. The maximum Gasteiger partial charge on any atom is 0.274 e. The molecule has 1 amide bonds. The first-order valence-electron chi connectivity index (χ1n) is 11.0. The first-order valence-corrected chi connectivity index (χ1v) is 11.4. The van der Waals surface area contributed by atoms with E-state index in [1.54, 1.807) is 10.7 Å². The highest BCUT2D eigenvalue weighted by molar-refractivity contribution is 6.32. The van der Waals surface area contributed by atoms with Crippen molar-refractivity contribution in [3.05, 3.63) is 46.2 Å². The first kappa shape index (κ1) is 19.9. The topological polar surface area (TPSA) is 47.4 Å². The lowest BCUT2D eigenvalue weighted by Crippen LogP contribution is -2.60. The van der Waals surface area contributed by atoms with Crippen LogP contribution in [0.4, 0.5) is 0 Å². The minimum atomic E-state index is 0.0360. The van der Waals surface area contributed by atoms with Gasteiger partial charge in [0, 0.05) is 23.8 Å². The Balaban J connectivity index is 1.27. The average Bonchev–Trinajstić information content (AvgIpc) is 3.17. The van der Waals surface area contributed by atoms with Crippen LogP contribution in [0.15, 0.2) is 24.4 Å². The van der Waals surface area contributed by atoms with Crippen LogP contribution in [0, 0.1) is 31.6 Å². The van der Waals surface area contributed by atoms with E-state index >= 15 is 0 Å². The Morgan fingerprint density at radius 1 is 1.17 bits per heavy atom.